The van der Waals surface area contributed by atoms with E-state index in [1.807, 2.05) is 18.8 Å². The molecule has 1 aromatic rings. The maximum Gasteiger partial charge on any atom is 0.191 e. The Morgan fingerprint density at radius 3 is 2.73 bits per heavy atom. The number of benzene rings is 1. The van der Waals surface area contributed by atoms with Gasteiger partial charge >= 0.3 is 0 Å². The van der Waals surface area contributed by atoms with Gasteiger partial charge in [0.1, 0.15) is 0 Å². The van der Waals surface area contributed by atoms with Crippen LogP contribution in [0.25, 0.3) is 0 Å². The number of para-hydroxylation sites is 1. The Balaban J connectivity index is 0.00000243. The van der Waals surface area contributed by atoms with E-state index in [0.717, 1.165) is 44.1 Å². The van der Waals surface area contributed by atoms with Crippen LogP contribution in [0.4, 0.5) is 5.69 Å². The van der Waals surface area contributed by atoms with Crippen LogP contribution in [-0.4, -0.2) is 56.9 Å². The van der Waals surface area contributed by atoms with Gasteiger partial charge in [0.25, 0.3) is 0 Å². The third-order valence-electron chi connectivity index (χ3n) is 5.07. The van der Waals surface area contributed by atoms with Gasteiger partial charge in [0, 0.05) is 43.7 Å². The number of aliphatic imine (C=N–C) groups is 1. The van der Waals surface area contributed by atoms with Gasteiger partial charge in [-0.25, -0.2) is 0 Å². The highest BCUT2D eigenvalue weighted by Gasteiger charge is 2.24. The maximum atomic E-state index is 5.48. The molecule has 1 heterocycles. The van der Waals surface area contributed by atoms with E-state index in [-0.39, 0.29) is 24.0 Å². The monoisotopic (exact) mass is 490 g/mol. The largest absolute Gasteiger partial charge is 0.378 e. The molecule has 2 aliphatic rings. The van der Waals surface area contributed by atoms with Crippen molar-refractivity contribution >= 4 is 47.4 Å². The van der Waals surface area contributed by atoms with E-state index in [9.17, 15) is 0 Å². The lowest BCUT2D eigenvalue weighted by Gasteiger charge is -2.30. The van der Waals surface area contributed by atoms with Crippen molar-refractivity contribution in [1.82, 2.24) is 10.6 Å². The lowest BCUT2D eigenvalue weighted by molar-refractivity contribution is 0.122. The number of nitrogens with one attached hydrogen (secondary N) is 2. The molecule has 1 saturated carbocycles. The van der Waals surface area contributed by atoms with E-state index in [4.69, 9.17) is 4.74 Å². The molecule has 0 amide bonds. The Morgan fingerprint density at radius 2 is 2.04 bits per heavy atom. The molecule has 2 N–H and O–H groups in total. The van der Waals surface area contributed by atoms with Crippen molar-refractivity contribution in [1.29, 1.82) is 0 Å². The van der Waals surface area contributed by atoms with E-state index in [2.05, 4.69) is 51.0 Å². The highest BCUT2D eigenvalue weighted by Crippen LogP contribution is 2.28. The summed E-state index contributed by atoms with van der Waals surface area (Å²) in [5.74, 6) is 0.906. The Morgan fingerprint density at radius 1 is 1.27 bits per heavy atom. The molecule has 1 aromatic carbocycles. The van der Waals surface area contributed by atoms with E-state index < -0.39 is 0 Å². The normalized spacial score (nSPS) is 23.5. The third-order valence-corrected chi connectivity index (χ3v) is 6.17. The zero-order chi connectivity index (χ0) is 17.5. The molecule has 3 rings (SSSR count). The van der Waals surface area contributed by atoms with E-state index in [0.29, 0.717) is 6.04 Å². The van der Waals surface area contributed by atoms with Crippen LogP contribution >= 0.6 is 35.7 Å². The predicted molar refractivity (Wildman–Crippen MR) is 123 cm³/mol. The highest BCUT2D eigenvalue weighted by molar-refractivity contribution is 14.0. The number of halogens is 1. The molecule has 0 spiro atoms. The van der Waals surface area contributed by atoms with Crippen LogP contribution in [0.1, 0.15) is 24.8 Å². The zero-order valence-corrected chi connectivity index (χ0v) is 18.9. The molecule has 1 saturated heterocycles. The number of thioether (sulfide) groups is 1. The number of rotatable bonds is 5. The number of guanidine groups is 1. The second-order valence-corrected chi connectivity index (χ2v) is 7.80. The van der Waals surface area contributed by atoms with Crippen molar-refractivity contribution in [2.45, 2.75) is 37.1 Å². The van der Waals surface area contributed by atoms with Crippen molar-refractivity contribution in [2.24, 2.45) is 4.99 Å². The summed E-state index contributed by atoms with van der Waals surface area (Å²) in [4.78, 5) is 6.83. The fraction of sp³-hybridized carbons (Fsp3) is 0.632. The third kappa shape index (κ3) is 5.92. The van der Waals surface area contributed by atoms with Gasteiger partial charge in [-0.3, -0.25) is 4.99 Å². The van der Waals surface area contributed by atoms with Crippen molar-refractivity contribution in [3.8, 4) is 0 Å². The Kier molecular flexibility index (Phi) is 9.35. The molecule has 146 valence electrons. The molecule has 1 aliphatic heterocycles. The van der Waals surface area contributed by atoms with Crippen molar-refractivity contribution in [2.75, 3.05) is 44.5 Å². The molecular formula is C19H31IN4OS. The number of anilines is 1. The molecule has 2 atom stereocenters. The second-order valence-electron chi connectivity index (χ2n) is 6.67. The standard InChI is InChI=1S/C19H30N4OS.HI/c1-20-19(22-16-7-8-17(13-16)25-2)21-14-15-5-3-4-6-18(15)23-9-11-24-12-10-23;/h3-6,16-17H,7-14H2,1-2H3,(H2,20,21,22);1H. The molecule has 0 bridgehead atoms. The topological polar surface area (TPSA) is 48.9 Å². The smallest absolute Gasteiger partial charge is 0.191 e. The van der Waals surface area contributed by atoms with Gasteiger partial charge in [-0.1, -0.05) is 18.2 Å². The van der Waals surface area contributed by atoms with Crippen LogP contribution < -0.4 is 15.5 Å². The SMILES string of the molecule is CN=C(NCc1ccccc1N1CCOCC1)NC1CCC(SC)C1.I. The Labute approximate surface area is 178 Å². The Hall–Kier alpha value is -0.670. The molecule has 0 radical (unpaired) electrons. The summed E-state index contributed by atoms with van der Waals surface area (Å²) < 4.78 is 5.48. The molecule has 7 heteroatoms. The number of hydrogen-bond donors (Lipinski definition) is 2. The first kappa shape index (κ1) is 21.6. The molecule has 2 unspecified atom stereocenters. The summed E-state index contributed by atoms with van der Waals surface area (Å²) in [6, 6.07) is 9.17. The summed E-state index contributed by atoms with van der Waals surface area (Å²) >= 11 is 1.98. The molecule has 5 nitrogen and oxygen atoms in total. The predicted octanol–water partition coefficient (Wildman–Crippen LogP) is 3.09. The average molecular weight is 490 g/mol. The van der Waals surface area contributed by atoms with Gasteiger partial charge in [0.2, 0.25) is 0 Å². The van der Waals surface area contributed by atoms with Gasteiger partial charge in [-0.15, -0.1) is 24.0 Å². The van der Waals surface area contributed by atoms with Crippen molar-refractivity contribution in [3.63, 3.8) is 0 Å². The van der Waals surface area contributed by atoms with Gasteiger partial charge in [-0.05, 0) is 37.1 Å². The highest BCUT2D eigenvalue weighted by atomic mass is 127. The fourth-order valence-corrected chi connectivity index (χ4v) is 4.42. The minimum Gasteiger partial charge on any atom is -0.378 e. The second kappa shape index (κ2) is 11.2. The Bertz CT molecular complexity index is 580. The average Bonchev–Trinajstić information content (AvgIpc) is 3.13. The van der Waals surface area contributed by atoms with Crippen molar-refractivity contribution in [3.05, 3.63) is 29.8 Å². The molecule has 1 aliphatic carbocycles. The first-order valence-corrected chi connectivity index (χ1v) is 10.5. The summed E-state index contributed by atoms with van der Waals surface area (Å²) in [5.41, 5.74) is 2.61. The van der Waals surface area contributed by atoms with Crippen LogP contribution in [0.3, 0.4) is 0 Å². The van der Waals surface area contributed by atoms with Gasteiger partial charge in [0.05, 0.1) is 13.2 Å². The molecular weight excluding hydrogens is 459 g/mol. The fourth-order valence-electron chi connectivity index (χ4n) is 3.63. The van der Waals surface area contributed by atoms with Gasteiger partial charge in [-0.2, -0.15) is 11.8 Å². The number of hydrogen-bond acceptors (Lipinski definition) is 4. The maximum absolute atomic E-state index is 5.48. The minimum atomic E-state index is 0. The minimum absolute atomic E-state index is 0. The van der Waals surface area contributed by atoms with Gasteiger partial charge in [0.15, 0.2) is 5.96 Å². The lowest BCUT2D eigenvalue weighted by Crippen LogP contribution is -2.42. The first-order valence-electron chi connectivity index (χ1n) is 9.20. The van der Waals surface area contributed by atoms with Crippen LogP contribution in [0.5, 0.6) is 0 Å². The summed E-state index contributed by atoms with van der Waals surface area (Å²) in [5, 5.41) is 7.88. The van der Waals surface area contributed by atoms with Crippen LogP contribution in [0, 0.1) is 0 Å². The van der Waals surface area contributed by atoms with Crippen LogP contribution in [-0.2, 0) is 11.3 Å². The zero-order valence-electron chi connectivity index (χ0n) is 15.7. The summed E-state index contributed by atoms with van der Waals surface area (Å²) in [6.45, 7) is 4.32. The first-order chi connectivity index (χ1) is 12.3. The number of morpholine rings is 1. The molecule has 0 aromatic heterocycles. The molecule has 26 heavy (non-hydrogen) atoms. The van der Waals surface area contributed by atoms with Crippen LogP contribution in [0.15, 0.2) is 29.3 Å². The van der Waals surface area contributed by atoms with Crippen molar-refractivity contribution < 1.29 is 4.74 Å². The summed E-state index contributed by atoms with van der Waals surface area (Å²) in [7, 11) is 1.85. The van der Waals surface area contributed by atoms with Crippen LogP contribution in [0.2, 0.25) is 0 Å². The lowest BCUT2D eigenvalue weighted by atomic mass is 10.1. The van der Waals surface area contributed by atoms with Gasteiger partial charge < -0.3 is 20.3 Å². The van der Waals surface area contributed by atoms with E-state index in [1.54, 1.807) is 0 Å². The molecule has 2 fully saturated rings. The number of ether oxygens (including phenoxy) is 1. The number of nitrogens with zero attached hydrogens (tertiary/aromatic N) is 2. The quantitative estimate of drug-likeness (QED) is 0.378. The summed E-state index contributed by atoms with van der Waals surface area (Å²) in [6.07, 6.45) is 5.97. The van der Waals surface area contributed by atoms with E-state index in [1.165, 1.54) is 30.5 Å². The van der Waals surface area contributed by atoms with E-state index >= 15 is 0 Å².